The number of carboxylic acids is 1. The van der Waals surface area contributed by atoms with Gasteiger partial charge in [-0.2, -0.15) is 0 Å². The van der Waals surface area contributed by atoms with Crippen LogP contribution in [0.15, 0.2) is 73.1 Å². The number of aromatic nitrogens is 1. The third kappa shape index (κ3) is 4.29. The van der Waals surface area contributed by atoms with E-state index < -0.39 is 5.97 Å². The summed E-state index contributed by atoms with van der Waals surface area (Å²) in [6.07, 6.45) is 6.10. The first-order valence-corrected chi connectivity index (χ1v) is 9.72. The molecule has 0 unspecified atom stereocenters. The molecule has 2 heterocycles. The van der Waals surface area contributed by atoms with Crippen molar-refractivity contribution >= 4 is 5.97 Å². The average molecular weight is 372 g/mol. The summed E-state index contributed by atoms with van der Waals surface area (Å²) in [7, 11) is 0. The molecule has 0 amide bonds. The second kappa shape index (κ2) is 8.36. The predicted octanol–water partition coefficient (Wildman–Crippen LogP) is 4.51. The first-order valence-electron chi connectivity index (χ1n) is 9.72. The highest BCUT2D eigenvalue weighted by Crippen LogP contribution is 2.26. The normalized spacial score (nSPS) is 16.9. The number of carbonyl (C=O) groups is 1. The van der Waals surface area contributed by atoms with Crippen molar-refractivity contribution in [1.82, 2.24) is 9.88 Å². The van der Waals surface area contributed by atoms with Crippen molar-refractivity contribution in [2.75, 3.05) is 13.1 Å². The van der Waals surface area contributed by atoms with E-state index in [1.165, 1.54) is 17.5 Å². The topological polar surface area (TPSA) is 53.4 Å². The molecule has 1 aliphatic heterocycles. The molecule has 1 atom stereocenters. The number of nitrogens with zero attached hydrogens (tertiary/aromatic N) is 2. The number of pyridine rings is 1. The van der Waals surface area contributed by atoms with Crippen molar-refractivity contribution in [3.63, 3.8) is 0 Å². The van der Waals surface area contributed by atoms with Gasteiger partial charge in [-0.3, -0.25) is 9.88 Å². The van der Waals surface area contributed by atoms with Gasteiger partial charge in [0.15, 0.2) is 0 Å². The van der Waals surface area contributed by atoms with E-state index in [2.05, 4.69) is 28.1 Å². The Kier molecular flexibility index (Phi) is 5.49. The summed E-state index contributed by atoms with van der Waals surface area (Å²) in [4.78, 5) is 18.2. The zero-order valence-corrected chi connectivity index (χ0v) is 15.8. The molecular formula is C24H24N2O2. The van der Waals surface area contributed by atoms with E-state index in [0.29, 0.717) is 11.5 Å². The summed E-state index contributed by atoms with van der Waals surface area (Å²) in [5, 5.41) is 9.39. The number of hydrogen-bond acceptors (Lipinski definition) is 3. The number of carboxylic acid groups (broad SMARTS) is 1. The van der Waals surface area contributed by atoms with Gasteiger partial charge in [0, 0.05) is 25.5 Å². The van der Waals surface area contributed by atoms with Crippen LogP contribution in [0.5, 0.6) is 0 Å². The number of hydrogen-bond donors (Lipinski definition) is 1. The van der Waals surface area contributed by atoms with E-state index in [0.717, 1.165) is 37.2 Å². The first kappa shape index (κ1) is 18.4. The fourth-order valence-electron chi connectivity index (χ4n) is 4.04. The van der Waals surface area contributed by atoms with Gasteiger partial charge < -0.3 is 5.11 Å². The van der Waals surface area contributed by atoms with E-state index in [9.17, 15) is 9.90 Å². The lowest BCUT2D eigenvalue weighted by Crippen LogP contribution is -2.20. The molecule has 28 heavy (non-hydrogen) atoms. The summed E-state index contributed by atoms with van der Waals surface area (Å²) in [5.74, 6) is -0.206. The van der Waals surface area contributed by atoms with Crippen molar-refractivity contribution in [2.24, 2.45) is 5.92 Å². The zero-order valence-electron chi connectivity index (χ0n) is 15.8. The van der Waals surface area contributed by atoms with Crippen LogP contribution in [0.25, 0.3) is 11.1 Å². The maximum atomic E-state index is 11.4. The van der Waals surface area contributed by atoms with E-state index >= 15 is 0 Å². The Morgan fingerprint density at radius 1 is 1.04 bits per heavy atom. The number of rotatable bonds is 6. The molecular weight excluding hydrogens is 348 g/mol. The Morgan fingerprint density at radius 2 is 1.86 bits per heavy atom. The van der Waals surface area contributed by atoms with Crippen molar-refractivity contribution in [1.29, 1.82) is 0 Å². The first-order chi connectivity index (χ1) is 13.7. The molecule has 1 fully saturated rings. The van der Waals surface area contributed by atoms with Crippen molar-refractivity contribution in [2.45, 2.75) is 19.4 Å². The highest BCUT2D eigenvalue weighted by atomic mass is 16.4. The lowest BCUT2D eigenvalue weighted by Gasteiger charge is -2.16. The van der Waals surface area contributed by atoms with E-state index in [4.69, 9.17) is 0 Å². The second-order valence-corrected chi connectivity index (χ2v) is 7.50. The van der Waals surface area contributed by atoms with Gasteiger partial charge in [0.05, 0.1) is 5.56 Å². The predicted molar refractivity (Wildman–Crippen MR) is 110 cm³/mol. The van der Waals surface area contributed by atoms with Crippen LogP contribution < -0.4 is 0 Å². The summed E-state index contributed by atoms with van der Waals surface area (Å²) in [6.45, 7) is 3.16. The molecule has 0 aliphatic carbocycles. The maximum absolute atomic E-state index is 11.4. The number of likely N-dealkylation sites (tertiary alicyclic amines) is 1. The molecule has 0 saturated carbocycles. The molecule has 3 aromatic rings. The van der Waals surface area contributed by atoms with Gasteiger partial charge in [0.25, 0.3) is 0 Å². The smallest absolute Gasteiger partial charge is 0.336 e. The second-order valence-electron chi connectivity index (χ2n) is 7.50. The van der Waals surface area contributed by atoms with Crippen LogP contribution >= 0.6 is 0 Å². The molecule has 2 aromatic carbocycles. The Hall–Kier alpha value is -2.98. The third-order valence-electron chi connectivity index (χ3n) is 5.45. The molecule has 1 saturated heterocycles. The standard InChI is InChI=1S/C24H24N2O2/c27-24(28)23-6-2-1-5-22(23)21-9-7-18(8-10-21)16-26-13-11-20(17-26)14-19-4-3-12-25-15-19/h1-10,12,15,20H,11,13-14,16-17H2,(H,27,28)/t20-/m1/s1. The van der Waals surface area contributed by atoms with Crippen molar-refractivity contribution in [3.8, 4) is 11.1 Å². The molecule has 0 radical (unpaired) electrons. The van der Waals surface area contributed by atoms with Crippen LogP contribution in [0.2, 0.25) is 0 Å². The van der Waals surface area contributed by atoms with Crippen LogP contribution in [0.1, 0.15) is 27.9 Å². The van der Waals surface area contributed by atoms with Crippen LogP contribution in [-0.2, 0) is 13.0 Å². The van der Waals surface area contributed by atoms with Gasteiger partial charge in [-0.15, -0.1) is 0 Å². The maximum Gasteiger partial charge on any atom is 0.336 e. The summed E-state index contributed by atoms with van der Waals surface area (Å²) >= 11 is 0. The van der Waals surface area contributed by atoms with E-state index in [-0.39, 0.29) is 0 Å². The molecule has 0 spiro atoms. The fourth-order valence-corrected chi connectivity index (χ4v) is 4.04. The minimum atomic E-state index is -0.892. The van der Waals surface area contributed by atoms with E-state index in [1.807, 2.05) is 42.7 Å². The minimum absolute atomic E-state index is 0.341. The highest BCUT2D eigenvalue weighted by molar-refractivity contribution is 5.95. The third-order valence-corrected chi connectivity index (χ3v) is 5.45. The zero-order chi connectivity index (χ0) is 19.3. The summed E-state index contributed by atoms with van der Waals surface area (Å²) in [5.41, 5.74) is 4.62. The molecule has 4 heteroatoms. The lowest BCUT2D eigenvalue weighted by molar-refractivity contribution is 0.0697. The van der Waals surface area contributed by atoms with Crippen molar-refractivity contribution in [3.05, 3.63) is 89.7 Å². The van der Waals surface area contributed by atoms with Gasteiger partial charge in [-0.05, 0) is 59.7 Å². The average Bonchev–Trinajstić information content (AvgIpc) is 3.16. The highest BCUT2D eigenvalue weighted by Gasteiger charge is 2.22. The van der Waals surface area contributed by atoms with Gasteiger partial charge in [-0.25, -0.2) is 4.79 Å². The Balaban J connectivity index is 1.38. The van der Waals surface area contributed by atoms with Crippen molar-refractivity contribution < 1.29 is 9.90 Å². The van der Waals surface area contributed by atoms with Crippen LogP contribution in [0.3, 0.4) is 0 Å². The fraction of sp³-hybridized carbons (Fsp3) is 0.250. The molecule has 1 N–H and O–H groups in total. The van der Waals surface area contributed by atoms with Gasteiger partial charge in [-0.1, -0.05) is 48.5 Å². The van der Waals surface area contributed by atoms with Gasteiger partial charge >= 0.3 is 5.97 Å². The largest absolute Gasteiger partial charge is 0.478 e. The van der Waals surface area contributed by atoms with E-state index in [1.54, 1.807) is 12.1 Å². The molecule has 4 nitrogen and oxygen atoms in total. The quantitative estimate of drug-likeness (QED) is 0.692. The lowest BCUT2D eigenvalue weighted by atomic mass is 9.98. The van der Waals surface area contributed by atoms with Gasteiger partial charge in [0.2, 0.25) is 0 Å². The monoisotopic (exact) mass is 372 g/mol. The summed E-state index contributed by atoms with van der Waals surface area (Å²) < 4.78 is 0. The molecule has 1 aliphatic rings. The molecule has 1 aromatic heterocycles. The van der Waals surface area contributed by atoms with Crippen LogP contribution in [0, 0.1) is 5.92 Å². The molecule has 4 rings (SSSR count). The molecule has 0 bridgehead atoms. The Bertz CT molecular complexity index is 938. The molecule has 142 valence electrons. The Labute approximate surface area is 165 Å². The number of benzene rings is 2. The minimum Gasteiger partial charge on any atom is -0.478 e. The summed E-state index contributed by atoms with van der Waals surface area (Å²) in [6, 6.07) is 19.6. The van der Waals surface area contributed by atoms with Gasteiger partial charge in [0.1, 0.15) is 0 Å². The van der Waals surface area contributed by atoms with Crippen LogP contribution in [0.4, 0.5) is 0 Å². The number of aromatic carboxylic acids is 1. The van der Waals surface area contributed by atoms with Crippen LogP contribution in [-0.4, -0.2) is 34.0 Å². The SMILES string of the molecule is O=C(O)c1ccccc1-c1ccc(CN2CC[C@H](Cc3cccnc3)C2)cc1. The Morgan fingerprint density at radius 3 is 2.61 bits per heavy atom.